The molecular weight excluding hydrogens is 408 g/mol. The van der Waals surface area contributed by atoms with Crippen LogP contribution in [0.4, 0.5) is 0 Å². The SMILES string of the molecule is COc1ccc(-n2c(O)c(C=C3C=c4cc5c(cc4=NC3=O)OCO5)sc2=O)cc1. The van der Waals surface area contributed by atoms with Crippen molar-refractivity contribution in [3.8, 4) is 28.8 Å². The number of rotatable bonds is 3. The van der Waals surface area contributed by atoms with E-state index in [4.69, 9.17) is 14.2 Å². The number of methoxy groups -OCH3 is 1. The summed E-state index contributed by atoms with van der Waals surface area (Å²) >= 11 is 0.834. The Kier molecular flexibility index (Phi) is 4.18. The molecule has 5 rings (SSSR count). The summed E-state index contributed by atoms with van der Waals surface area (Å²) in [5.41, 5.74) is 0.737. The Hall–Kier alpha value is -3.85. The van der Waals surface area contributed by atoms with Crippen LogP contribution >= 0.6 is 11.3 Å². The highest BCUT2D eigenvalue weighted by Gasteiger charge is 2.20. The van der Waals surface area contributed by atoms with Crippen molar-refractivity contribution in [2.24, 2.45) is 4.99 Å². The third-order valence-electron chi connectivity index (χ3n) is 4.73. The highest BCUT2D eigenvalue weighted by atomic mass is 32.1. The maximum Gasteiger partial charge on any atom is 0.315 e. The Labute approximate surface area is 173 Å². The Bertz CT molecular complexity index is 1400. The van der Waals surface area contributed by atoms with Crippen LogP contribution in [0.5, 0.6) is 23.1 Å². The largest absolute Gasteiger partial charge is 0.497 e. The average molecular weight is 422 g/mol. The van der Waals surface area contributed by atoms with Gasteiger partial charge in [-0.1, -0.05) is 11.3 Å². The van der Waals surface area contributed by atoms with Crippen molar-refractivity contribution in [2.75, 3.05) is 13.9 Å². The van der Waals surface area contributed by atoms with Crippen molar-refractivity contribution in [3.05, 3.63) is 67.1 Å². The van der Waals surface area contributed by atoms with Gasteiger partial charge < -0.3 is 19.3 Å². The molecule has 1 N–H and O–H groups in total. The fourth-order valence-corrected chi connectivity index (χ4v) is 4.08. The Morgan fingerprint density at radius 2 is 1.90 bits per heavy atom. The predicted molar refractivity (Wildman–Crippen MR) is 109 cm³/mol. The first-order valence-electron chi connectivity index (χ1n) is 8.89. The van der Waals surface area contributed by atoms with E-state index in [-0.39, 0.29) is 28.0 Å². The molecule has 2 aliphatic rings. The summed E-state index contributed by atoms with van der Waals surface area (Å²) in [4.78, 5) is 28.9. The van der Waals surface area contributed by atoms with Crippen molar-refractivity contribution < 1.29 is 24.1 Å². The van der Waals surface area contributed by atoms with Gasteiger partial charge in [-0.25, -0.2) is 9.56 Å². The summed E-state index contributed by atoms with van der Waals surface area (Å²) in [6, 6.07) is 10.1. The zero-order valence-corrected chi connectivity index (χ0v) is 16.4. The lowest BCUT2D eigenvalue weighted by Crippen LogP contribution is -2.30. The number of nitrogens with zero attached hydrogens (tertiary/aromatic N) is 2. The Morgan fingerprint density at radius 3 is 2.63 bits per heavy atom. The van der Waals surface area contributed by atoms with Gasteiger partial charge in [0.15, 0.2) is 11.5 Å². The van der Waals surface area contributed by atoms with Gasteiger partial charge in [0, 0.05) is 16.9 Å². The molecule has 2 aliphatic heterocycles. The zero-order chi connectivity index (χ0) is 20.8. The van der Waals surface area contributed by atoms with Crippen LogP contribution < -0.4 is 29.7 Å². The number of hydrogen-bond acceptors (Lipinski definition) is 7. The molecule has 9 heteroatoms. The quantitative estimate of drug-likeness (QED) is 0.640. The molecule has 8 nitrogen and oxygen atoms in total. The van der Waals surface area contributed by atoms with E-state index in [9.17, 15) is 14.7 Å². The summed E-state index contributed by atoms with van der Waals surface area (Å²) in [5.74, 6) is 1.02. The average Bonchev–Trinajstić information content (AvgIpc) is 3.30. The van der Waals surface area contributed by atoms with Gasteiger partial charge in [0.2, 0.25) is 12.7 Å². The molecule has 1 amide bonds. The predicted octanol–water partition coefficient (Wildman–Crippen LogP) is 1.37. The molecule has 0 aliphatic carbocycles. The van der Waals surface area contributed by atoms with Crippen molar-refractivity contribution in [1.29, 1.82) is 0 Å². The minimum atomic E-state index is -0.474. The van der Waals surface area contributed by atoms with Crippen LogP contribution in [-0.4, -0.2) is 29.5 Å². The third-order valence-corrected chi connectivity index (χ3v) is 5.61. The van der Waals surface area contributed by atoms with Crippen LogP contribution in [-0.2, 0) is 4.79 Å². The first-order chi connectivity index (χ1) is 14.5. The summed E-state index contributed by atoms with van der Waals surface area (Å²) in [5, 5.41) is 11.8. The number of ether oxygens (including phenoxy) is 3. The second-order valence-corrected chi connectivity index (χ2v) is 7.51. The number of aromatic nitrogens is 1. The molecular formula is C21H14N2O6S. The lowest BCUT2D eigenvalue weighted by molar-refractivity contribution is -0.114. The maximum absolute atomic E-state index is 12.5. The minimum absolute atomic E-state index is 0.121. The number of aromatic hydroxyl groups is 1. The molecule has 0 spiro atoms. The number of hydrogen-bond donors (Lipinski definition) is 1. The first-order valence-corrected chi connectivity index (χ1v) is 9.70. The summed E-state index contributed by atoms with van der Waals surface area (Å²) < 4.78 is 17.0. The van der Waals surface area contributed by atoms with Crippen LogP contribution in [0, 0.1) is 0 Å². The van der Waals surface area contributed by atoms with E-state index in [0.717, 1.165) is 11.3 Å². The van der Waals surface area contributed by atoms with Gasteiger partial charge in [0.25, 0.3) is 5.91 Å². The number of thiazole rings is 1. The lowest BCUT2D eigenvalue weighted by atomic mass is 10.1. The normalized spacial score (nSPS) is 15.5. The smallest absolute Gasteiger partial charge is 0.315 e. The van der Waals surface area contributed by atoms with Gasteiger partial charge >= 0.3 is 4.87 Å². The summed E-state index contributed by atoms with van der Waals surface area (Å²) in [6.07, 6.45) is 3.11. The van der Waals surface area contributed by atoms with Gasteiger partial charge in [0.05, 0.1) is 23.0 Å². The standard InChI is InChI=1S/C21H14N2O6S/c1-27-14-4-2-13(3-5-14)23-20(25)18(30-21(23)26)8-12-6-11-7-16-17(29-10-28-16)9-15(11)22-19(12)24/h2-9,25H,10H2,1H3. The molecule has 3 aromatic rings. The van der Waals surface area contributed by atoms with E-state index < -0.39 is 5.91 Å². The van der Waals surface area contributed by atoms with Crippen LogP contribution in [0.2, 0.25) is 0 Å². The van der Waals surface area contributed by atoms with E-state index in [1.165, 1.54) is 10.6 Å². The van der Waals surface area contributed by atoms with E-state index in [0.29, 0.717) is 33.5 Å². The molecule has 0 fully saturated rings. The van der Waals surface area contributed by atoms with E-state index in [1.807, 2.05) is 0 Å². The molecule has 1 aromatic heterocycles. The molecule has 150 valence electrons. The van der Waals surface area contributed by atoms with Gasteiger partial charge in [-0.2, -0.15) is 0 Å². The van der Waals surface area contributed by atoms with E-state index >= 15 is 0 Å². The van der Waals surface area contributed by atoms with Gasteiger partial charge in [0.1, 0.15) is 5.75 Å². The molecule has 2 aromatic carbocycles. The van der Waals surface area contributed by atoms with E-state index in [2.05, 4.69) is 4.99 Å². The van der Waals surface area contributed by atoms with E-state index in [1.54, 1.807) is 49.6 Å². The van der Waals surface area contributed by atoms with Crippen molar-refractivity contribution in [1.82, 2.24) is 4.57 Å². The second-order valence-electron chi connectivity index (χ2n) is 6.51. The number of benzene rings is 2. The molecule has 0 radical (unpaired) electrons. The highest BCUT2D eigenvalue weighted by Crippen LogP contribution is 2.30. The summed E-state index contributed by atoms with van der Waals surface area (Å²) in [7, 11) is 1.54. The Balaban J connectivity index is 1.58. The third kappa shape index (κ3) is 2.96. The molecule has 3 heterocycles. The molecule has 0 atom stereocenters. The van der Waals surface area contributed by atoms with Crippen LogP contribution in [0.3, 0.4) is 0 Å². The Morgan fingerprint density at radius 1 is 1.17 bits per heavy atom. The maximum atomic E-state index is 12.5. The minimum Gasteiger partial charge on any atom is -0.497 e. The molecule has 0 saturated heterocycles. The molecule has 30 heavy (non-hydrogen) atoms. The topological polar surface area (TPSA) is 99.3 Å². The number of carbonyl (C=O) groups excluding carboxylic acids is 1. The highest BCUT2D eigenvalue weighted by molar-refractivity contribution is 7.10. The molecule has 0 unspecified atom stereocenters. The number of amides is 1. The fraction of sp³-hybridized carbons (Fsp3) is 0.0952. The monoisotopic (exact) mass is 422 g/mol. The van der Waals surface area contributed by atoms with Crippen molar-refractivity contribution in [3.63, 3.8) is 0 Å². The molecule has 0 saturated carbocycles. The van der Waals surface area contributed by atoms with Crippen molar-refractivity contribution in [2.45, 2.75) is 0 Å². The zero-order valence-electron chi connectivity index (χ0n) is 15.6. The second kappa shape index (κ2) is 6.89. The van der Waals surface area contributed by atoms with Gasteiger partial charge in [-0.3, -0.25) is 9.59 Å². The summed E-state index contributed by atoms with van der Waals surface area (Å²) in [6.45, 7) is 0.121. The lowest BCUT2D eigenvalue weighted by Gasteiger charge is -2.06. The number of carbonyl (C=O) groups is 1. The number of fused-ring (bicyclic) bond motifs is 2. The van der Waals surface area contributed by atoms with Crippen LogP contribution in [0.25, 0.3) is 17.8 Å². The van der Waals surface area contributed by atoms with Crippen LogP contribution in [0.15, 0.2) is 51.8 Å². The fourth-order valence-electron chi connectivity index (χ4n) is 3.24. The first kappa shape index (κ1) is 18.2. The van der Waals surface area contributed by atoms with Crippen LogP contribution in [0.1, 0.15) is 4.88 Å². The van der Waals surface area contributed by atoms with Crippen molar-refractivity contribution >= 4 is 29.4 Å². The van der Waals surface area contributed by atoms with Gasteiger partial charge in [-0.05, 0) is 42.5 Å². The molecule has 0 bridgehead atoms. The van der Waals surface area contributed by atoms with Gasteiger partial charge in [-0.15, -0.1) is 0 Å².